The summed E-state index contributed by atoms with van der Waals surface area (Å²) in [4.78, 5) is 4.44. The average Bonchev–Trinajstić information content (AvgIpc) is 3.10. The number of methoxy groups -OCH3 is 2. The van der Waals surface area contributed by atoms with Crippen molar-refractivity contribution in [1.29, 1.82) is 0 Å². The van der Waals surface area contributed by atoms with Crippen molar-refractivity contribution in [3.8, 4) is 23.3 Å². The third kappa shape index (κ3) is 6.43. The molecule has 0 heterocycles. The summed E-state index contributed by atoms with van der Waals surface area (Å²) in [6.45, 7) is 0. The van der Waals surface area contributed by atoms with Crippen LogP contribution in [0.15, 0.2) is 158 Å². The van der Waals surface area contributed by atoms with Crippen molar-refractivity contribution in [2.75, 3.05) is 24.0 Å². The van der Waals surface area contributed by atoms with Gasteiger partial charge in [-0.25, -0.2) is 0 Å². The van der Waals surface area contributed by atoms with E-state index >= 15 is 0 Å². The molecule has 0 aliphatic heterocycles. The van der Waals surface area contributed by atoms with Gasteiger partial charge in [-0.2, -0.15) is 0 Å². The van der Waals surface area contributed by atoms with Gasteiger partial charge in [-0.3, -0.25) is 0 Å². The van der Waals surface area contributed by atoms with Gasteiger partial charge in [-0.15, -0.1) is 0 Å². The van der Waals surface area contributed by atoms with Gasteiger partial charge >= 0.3 is 0 Å². The van der Waals surface area contributed by atoms with Crippen molar-refractivity contribution in [2.24, 2.45) is 0 Å². The van der Waals surface area contributed by atoms with Gasteiger partial charge in [-0.1, -0.05) is 48.2 Å². The highest BCUT2D eigenvalue weighted by atomic mass is 16.5. The molecule has 0 saturated heterocycles. The zero-order valence-electron chi connectivity index (χ0n) is 24.7. The van der Waals surface area contributed by atoms with Crippen LogP contribution in [0.25, 0.3) is 0 Å². The predicted molar refractivity (Wildman–Crippen MR) is 181 cm³/mol. The van der Waals surface area contributed by atoms with Gasteiger partial charge in [0.1, 0.15) is 11.5 Å². The zero-order valence-corrected chi connectivity index (χ0v) is 24.7. The zero-order chi connectivity index (χ0) is 30.1. The molecule has 0 atom stereocenters. The van der Waals surface area contributed by atoms with Gasteiger partial charge in [0.05, 0.1) is 14.2 Å². The first-order valence-corrected chi connectivity index (χ1v) is 14.4. The molecule has 0 bridgehead atoms. The van der Waals surface area contributed by atoms with Gasteiger partial charge in [0, 0.05) is 45.3 Å². The van der Waals surface area contributed by atoms with E-state index in [4.69, 9.17) is 9.47 Å². The molecular formula is C40H32N2O2. The molecule has 0 amide bonds. The molecule has 0 N–H and O–H groups in total. The van der Waals surface area contributed by atoms with Crippen molar-refractivity contribution in [3.63, 3.8) is 0 Å². The number of hydrogen-bond acceptors (Lipinski definition) is 4. The molecule has 44 heavy (non-hydrogen) atoms. The lowest BCUT2D eigenvalue weighted by molar-refractivity contribution is 0.414. The number of nitrogens with zero attached hydrogens (tertiary/aromatic N) is 2. The first kappa shape index (κ1) is 28.2. The van der Waals surface area contributed by atoms with E-state index in [1.807, 2.05) is 60.7 Å². The summed E-state index contributed by atoms with van der Waals surface area (Å²) in [5.41, 5.74) is 8.26. The van der Waals surface area contributed by atoms with Crippen LogP contribution < -0.4 is 19.3 Å². The van der Waals surface area contributed by atoms with Crippen LogP contribution in [-0.4, -0.2) is 14.2 Å². The smallest absolute Gasteiger partial charge is 0.119 e. The van der Waals surface area contributed by atoms with Crippen LogP contribution in [0, 0.1) is 11.8 Å². The molecular weight excluding hydrogens is 540 g/mol. The third-order valence-corrected chi connectivity index (χ3v) is 7.29. The molecule has 0 aliphatic rings. The standard InChI is InChI=1S/C40H32N2O2/c1-43-39-27-23-37(24-28-39)41(33-9-5-3-6-10-33)35-19-15-31(16-20-35)13-14-32-17-21-36(22-18-32)42(34-11-7-4-8-12-34)38-25-29-40(44-2)30-26-38/h3-12,15-30H,1-2H3. The lowest BCUT2D eigenvalue weighted by Gasteiger charge is -2.25. The molecule has 6 aromatic rings. The first-order chi connectivity index (χ1) is 21.7. The normalized spacial score (nSPS) is 10.3. The van der Waals surface area contributed by atoms with Crippen molar-refractivity contribution in [1.82, 2.24) is 0 Å². The largest absolute Gasteiger partial charge is 0.497 e. The fourth-order valence-corrected chi connectivity index (χ4v) is 5.04. The van der Waals surface area contributed by atoms with E-state index in [1.165, 1.54) is 0 Å². The highest BCUT2D eigenvalue weighted by Gasteiger charge is 2.13. The first-order valence-electron chi connectivity index (χ1n) is 14.4. The molecule has 214 valence electrons. The summed E-state index contributed by atoms with van der Waals surface area (Å²) in [5, 5.41) is 0. The van der Waals surface area contributed by atoms with Crippen molar-refractivity contribution in [2.45, 2.75) is 0 Å². The summed E-state index contributed by atoms with van der Waals surface area (Å²) in [6.07, 6.45) is 0. The molecule has 0 spiro atoms. The molecule has 0 fully saturated rings. The monoisotopic (exact) mass is 572 g/mol. The van der Waals surface area contributed by atoms with E-state index in [1.54, 1.807) is 14.2 Å². The molecule has 6 aromatic carbocycles. The Labute approximate surface area is 259 Å². The third-order valence-electron chi connectivity index (χ3n) is 7.29. The Morgan fingerprint density at radius 1 is 0.341 bits per heavy atom. The maximum absolute atomic E-state index is 5.37. The highest BCUT2D eigenvalue weighted by Crippen LogP contribution is 2.36. The van der Waals surface area contributed by atoms with Crippen LogP contribution in [0.5, 0.6) is 11.5 Å². The Kier molecular flexibility index (Phi) is 8.57. The number of anilines is 6. The van der Waals surface area contributed by atoms with E-state index < -0.39 is 0 Å². The minimum absolute atomic E-state index is 0.828. The summed E-state index contributed by atoms with van der Waals surface area (Å²) in [6, 6.07) is 53.6. The molecule has 4 heteroatoms. The van der Waals surface area contributed by atoms with Gasteiger partial charge in [0.25, 0.3) is 0 Å². The minimum Gasteiger partial charge on any atom is -0.497 e. The van der Waals surface area contributed by atoms with Crippen LogP contribution in [0.4, 0.5) is 34.1 Å². The highest BCUT2D eigenvalue weighted by molar-refractivity contribution is 5.78. The Morgan fingerprint density at radius 2 is 0.614 bits per heavy atom. The number of ether oxygens (including phenoxy) is 2. The SMILES string of the molecule is COc1ccc(N(c2ccccc2)c2ccc(C#Cc3ccc(N(c4ccccc4)c4ccc(OC)cc4)cc3)cc2)cc1. The maximum Gasteiger partial charge on any atom is 0.119 e. The Balaban J connectivity index is 1.24. The molecule has 0 saturated carbocycles. The summed E-state index contributed by atoms with van der Waals surface area (Å²) in [5.74, 6) is 8.32. The van der Waals surface area contributed by atoms with Crippen molar-refractivity contribution in [3.05, 3.63) is 169 Å². The maximum atomic E-state index is 5.37. The van der Waals surface area contributed by atoms with Gasteiger partial charge in [0.2, 0.25) is 0 Å². The van der Waals surface area contributed by atoms with E-state index in [2.05, 4.69) is 119 Å². The fraction of sp³-hybridized carbons (Fsp3) is 0.0500. The van der Waals surface area contributed by atoms with Crippen LogP contribution in [0.2, 0.25) is 0 Å². The fourth-order valence-electron chi connectivity index (χ4n) is 5.04. The number of hydrogen-bond donors (Lipinski definition) is 0. The number of benzene rings is 6. The second kappa shape index (κ2) is 13.4. The topological polar surface area (TPSA) is 24.9 Å². The predicted octanol–water partition coefficient (Wildman–Crippen LogP) is 10.0. The van der Waals surface area contributed by atoms with Gasteiger partial charge < -0.3 is 19.3 Å². The van der Waals surface area contributed by atoms with Crippen molar-refractivity contribution >= 4 is 34.1 Å². The lowest BCUT2D eigenvalue weighted by atomic mass is 10.1. The second-order valence-electron chi connectivity index (χ2n) is 10.1. The number of para-hydroxylation sites is 2. The average molecular weight is 573 g/mol. The summed E-state index contributed by atoms with van der Waals surface area (Å²) < 4.78 is 10.7. The Morgan fingerprint density at radius 3 is 0.909 bits per heavy atom. The Hall–Kier alpha value is -5.92. The molecule has 4 nitrogen and oxygen atoms in total. The molecule has 0 radical (unpaired) electrons. The molecule has 0 aromatic heterocycles. The summed E-state index contributed by atoms with van der Waals surface area (Å²) in [7, 11) is 3.36. The molecule has 0 aliphatic carbocycles. The van der Waals surface area contributed by atoms with E-state index in [0.29, 0.717) is 0 Å². The quantitative estimate of drug-likeness (QED) is 0.169. The lowest BCUT2D eigenvalue weighted by Crippen LogP contribution is -2.09. The minimum atomic E-state index is 0.828. The van der Waals surface area contributed by atoms with Crippen LogP contribution >= 0.6 is 0 Å². The van der Waals surface area contributed by atoms with Crippen LogP contribution in [0.1, 0.15) is 11.1 Å². The number of rotatable bonds is 8. The van der Waals surface area contributed by atoms with Gasteiger partial charge in [-0.05, 0) is 121 Å². The van der Waals surface area contributed by atoms with E-state index in [-0.39, 0.29) is 0 Å². The second-order valence-corrected chi connectivity index (χ2v) is 10.1. The van der Waals surface area contributed by atoms with Crippen LogP contribution in [0.3, 0.4) is 0 Å². The molecule has 0 unspecified atom stereocenters. The molecule has 6 rings (SSSR count). The summed E-state index contributed by atoms with van der Waals surface area (Å²) >= 11 is 0. The van der Waals surface area contributed by atoms with Gasteiger partial charge in [0.15, 0.2) is 0 Å². The van der Waals surface area contributed by atoms with Crippen LogP contribution in [-0.2, 0) is 0 Å². The Bertz CT molecular complexity index is 1700. The van der Waals surface area contributed by atoms with E-state index in [9.17, 15) is 0 Å². The van der Waals surface area contributed by atoms with Crippen molar-refractivity contribution < 1.29 is 9.47 Å². The van der Waals surface area contributed by atoms with E-state index in [0.717, 1.165) is 56.8 Å².